The molecule has 2 aliphatic rings. The van der Waals surface area contributed by atoms with Gasteiger partial charge in [0.15, 0.2) is 0 Å². The zero-order chi connectivity index (χ0) is 17.8. The van der Waals surface area contributed by atoms with Gasteiger partial charge in [-0.15, -0.1) is 0 Å². The molecule has 0 atom stereocenters. The van der Waals surface area contributed by atoms with Crippen LogP contribution >= 0.6 is 0 Å². The largest absolute Gasteiger partial charge is 0.299 e. The van der Waals surface area contributed by atoms with E-state index in [1.165, 1.54) is 63.0 Å². The highest BCUT2D eigenvalue weighted by Crippen LogP contribution is 2.24. The number of rotatable bonds is 4. The molecule has 138 valence electrons. The van der Waals surface area contributed by atoms with Crippen molar-refractivity contribution in [1.29, 1.82) is 0 Å². The second-order valence-corrected chi connectivity index (χ2v) is 8.32. The maximum absolute atomic E-state index is 2.71. The zero-order valence-corrected chi connectivity index (χ0v) is 16.2. The van der Waals surface area contributed by atoms with Crippen LogP contribution in [0.25, 0.3) is 0 Å². The lowest BCUT2D eigenvalue weighted by Gasteiger charge is -2.34. The Balaban J connectivity index is 1.27. The van der Waals surface area contributed by atoms with Crippen molar-refractivity contribution in [2.45, 2.75) is 45.7 Å². The van der Waals surface area contributed by atoms with Crippen molar-refractivity contribution in [2.75, 3.05) is 26.2 Å². The molecule has 2 heterocycles. The number of hydrogen-bond acceptors (Lipinski definition) is 2. The van der Waals surface area contributed by atoms with E-state index in [2.05, 4.69) is 65.3 Å². The number of aryl methyl sites for hydroxylation is 2. The Kier molecular flexibility index (Phi) is 5.72. The molecular weight excluding hydrogens is 316 g/mol. The summed E-state index contributed by atoms with van der Waals surface area (Å²) in [5, 5.41) is 0. The fraction of sp³-hybridized carbons (Fsp3) is 0.500. The molecule has 2 aromatic carbocycles. The lowest BCUT2D eigenvalue weighted by Crippen LogP contribution is -2.38. The Bertz CT molecular complexity index is 716. The van der Waals surface area contributed by atoms with Crippen LogP contribution < -0.4 is 0 Å². The van der Waals surface area contributed by atoms with Crippen LogP contribution in [-0.4, -0.2) is 36.0 Å². The predicted octanol–water partition coefficient (Wildman–Crippen LogP) is 4.66. The van der Waals surface area contributed by atoms with Gasteiger partial charge in [-0.05, 0) is 74.8 Å². The minimum atomic E-state index is 0.869. The van der Waals surface area contributed by atoms with Crippen molar-refractivity contribution in [3.8, 4) is 0 Å². The highest BCUT2D eigenvalue weighted by molar-refractivity contribution is 5.28. The lowest BCUT2D eigenvalue weighted by molar-refractivity contribution is 0.136. The minimum absolute atomic E-state index is 0.869. The van der Waals surface area contributed by atoms with Crippen molar-refractivity contribution >= 4 is 0 Å². The van der Waals surface area contributed by atoms with E-state index < -0.39 is 0 Å². The molecule has 0 bridgehead atoms. The molecule has 1 fully saturated rings. The van der Waals surface area contributed by atoms with E-state index in [1.807, 2.05) is 0 Å². The molecule has 0 N–H and O–H groups in total. The first kappa shape index (κ1) is 17.8. The molecule has 2 nitrogen and oxygen atoms in total. The smallest absolute Gasteiger partial charge is 0.0236 e. The number of fused-ring (bicyclic) bond motifs is 1. The lowest BCUT2D eigenvalue weighted by atomic mass is 9.95. The zero-order valence-electron chi connectivity index (χ0n) is 16.2. The molecule has 26 heavy (non-hydrogen) atoms. The Morgan fingerprint density at radius 2 is 1.69 bits per heavy atom. The van der Waals surface area contributed by atoms with E-state index in [-0.39, 0.29) is 0 Å². The summed E-state index contributed by atoms with van der Waals surface area (Å²) in [6, 6.07) is 18.0. The third kappa shape index (κ3) is 4.55. The number of likely N-dealkylation sites (tertiary alicyclic amines) is 1. The summed E-state index contributed by atoms with van der Waals surface area (Å²) >= 11 is 0. The molecule has 0 aromatic heterocycles. The van der Waals surface area contributed by atoms with Crippen LogP contribution in [0.2, 0.25) is 0 Å². The number of hydrogen-bond donors (Lipinski definition) is 0. The van der Waals surface area contributed by atoms with Crippen molar-refractivity contribution in [2.24, 2.45) is 5.92 Å². The van der Waals surface area contributed by atoms with Crippen molar-refractivity contribution < 1.29 is 0 Å². The van der Waals surface area contributed by atoms with Gasteiger partial charge in [0.25, 0.3) is 0 Å². The fourth-order valence-electron chi connectivity index (χ4n) is 4.69. The fourth-order valence-corrected chi connectivity index (χ4v) is 4.69. The number of nitrogens with zero attached hydrogens (tertiary/aromatic N) is 2. The summed E-state index contributed by atoms with van der Waals surface area (Å²) in [5.41, 5.74) is 5.97. The first-order valence-corrected chi connectivity index (χ1v) is 10.3. The molecule has 2 aliphatic heterocycles. The monoisotopic (exact) mass is 348 g/mol. The quantitative estimate of drug-likeness (QED) is 0.793. The van der Waals surface area contributed by atoms with Crippen LogP contribution in [0.4, 0.5) is 0 Å². The summed E-state index contributed by atoms with van der Waals surface area (Å²) in [6.07, 6.45) is 5.26. The normalized spacial score (nSPS) is 19.9. The number of benzene rings is 2. The van der Waals surface area contributed by atoms with E-state index in [0.29, 0.717) is 0 Å². The average Bonchev–Trinajstić information content (AvgIpc) is 2.85. The molecule has 1 saturated heterocycles. The first-order valence-electron chi connectivity index (χ1n) is 10.3. The standard InChI is InChI=1S/C24H32N2/c1-20-6-4-7-22(16-20)18-25-14-11-21(12-15-25)17-26-13-5-10-23-8-2-3-9-24(23)19-26/h2-4,6-9,16,21H,5,10-15,17-19H2,1H3. The Labute approximate surface area is 158 Å². The van der Waals surface area contributed by atoms with Crippen molar-refractivity contribution in [1.82, 2.24) is 9.80 Å². The molecule has 2 aromatic rings. The average molecular weight is 349 g/mol. The maximum Gasteiger partial charge on any atom is 0.0236 e. The molecule has 0 aliphatic carbocycles. The van der Waals surface area contributed by atoms with Gasteiger partial charge in [0, 0.05) is 19.6 Å². The molecule has 2 heteroatoms. The van der Waals surface area contributed by atoms with E-state index >= 15 is 0 Å². The van der Waals surface area contributed by atoms with Crippen LogP contribution in [0.5, 0.6) is 0 Å². The van der Waals surface area contributed by atoms with Crippen molar-refractivity contribution in [3.05, 3.63) is 70.8 Å². The van der Waals surface area contributed by atoms with Crippen LogP contribution in [-0.2, 0) is 19.5 Å². The van der Waals surface area contributed by atoms with Gasteiger partial charge in [0.1, 0.15) is 0 Å². The molecule has 4 rings (SSSR count). The van der Waals surface area contributed by atoms with E-state index in [1.54, 1.807) is 11.1 Å². The minimum Gasteiger partial charge on any atom is -0.299 e. The highest BCUT2D eigenvalue weighted by atomic mass is 15.1. The van der Waals surface area contributed by atoms with E-state index in [9.17, 15) is 0 Å². The first-order chi connectivity index (χ1) is 12.8. The maximum atomic E-state index is 2.71. The summed E-state index contributed by atoms with van der Waals surface area (Å²) in [4.78, 5) is 5.36. The molecule has 0 unspecified atom stereocenters. The van der Waals surface area contributed by atoms with Gasteiger partial charge in [-0.2, -0.15) is 0 Å². The molecule has 0 spiro atoms. The Morgan fingerprint density at radius 3 is 2.50 bits per heavy atom. The molecule has 0 saturated carbocycles. The van der Waals surface area contributed by atoms with Crippen molar-refractivity contribution in [3.63, 3.8) is 0 Å². The molecule has 0 radical (unpaired) electrons. The van der Waals surface area contributed by atoms with Crippen LogP contribution in [0, 0.1) is 12.8 Å². The van der Waals surface area contributed by atoms with Gasteiger partial charge < -0.3 is 0 Å². The third-order valence-electron chi connectivity index (χ3n) is 6.15. The summed E-state index contributed by atoms with van der Waals surface area (Å²) in [5.74, 6) is 0.869. The van der Waals surface area contributed by atoms with Gasteiger partial charge in [0.05, 0.1) is 0 Å². The predicted molar refractivity (Wildman–Crippen MR) is 109 cm³/mol. The van der Waals surface area contributed by atoms with Crippen LogP contribution in [0.3, 0.4) is 0 Å². The second kappa shape index (κ2) is 8.37. The van der Waals surface area contributed by atoms with E-state index in [0.717, 1.165) is 19.0 Å². The Morgan fingerprint density at radius 1 is 0.885 bits per heavy atom. The topological polar surface area (TPSA) is 6.48 Å². The van der Waals surface area contributed by atoms with Gasteiger partial charge in [0.2, 0.25) is 0 Å². The van der Waals surface area contributed by atoms with Gasteiger partial charge in [-0.3, -0.25) is 9.80 Å². The number of piperidine rings is 1. The van der Waals surface area contributed by atoms with Crippen LogP contribution in [0.1, 0.15) is 41.5 Å². The highest BCUT2D eigenvalue weighted by Gasteiger charge is 2.23. The summed E-state index contributed by atoms with van der Waals surface area (Å²) in [6.45, 7) is 9.51. The van der Waals surface area contributed by atoms with E-state index in [4.69, 9.17) is 0 Å². The summed E-state index contributed by atoms with van der Waals surface area (Å²) in [7, 11) is 0. The summed E-state index contributed by atoms with van der Waals surface area (Å²) < 4.78 is 0. The van der Waals surface area contributed by atoms with Gasteiger partial charge >= 0.3 is 0 Å². The second-order valence-electron chi connectivity index (χ2n) is 8.32. The van der Waals surface area contributed by atoms with Gasteiger partial charge in [-0.1, -0.05) is 54.1 Å². The molecule has 0 amide bonds. The Hall–Kier alpha value is -1.64. The van der Waals surface area contributed by atoms with Crippen LogP contribution in [0.15, 0.2) is 48.5 Å². The van der Waals surface area contributed by atoms with Gasteiger partial charge in [-0.25, -0.2) is 0 Å². The SMILES string of the molecule is Cc1cccc(CN2CCC(CN3CCCc4ccccc4C3)CC2)c1. The third-order valence-corrected chi connectivity index (χ3v) is 6.15. The molecular formula is C24H32N2.